The molecule has 0 spiro atoms. The van der Waals surface area contributed by atoms with Crippen molar-refractivity contribution < 1.29 is 41.3 Å². The Bertz CT molecular complexity index is 479. The van der Waals surface area contributed by atoms with Gasteiger partial charge in [0.05, 0.1) is 6.10 Å². The molecule has 0 heterocycles. The van der Waals surface area contributed by atoms with E-state index in [1.165, 1.54) is 0 Å². The summed E-state index contributed by atoms with van der Waals surface area (Å²) >= 11 is 3.75. The zero-order valence-corrected chi connectivity index (χ0v) is 11.7. The summed E-state index contributed by atoms with van der Waals surface area (Å²) in [4.78, 5) is 0. The third-order valence-electron chi connectivity index (χ3n) is 2.61. The van der Waals surface area contributed by atoms with E-state index in [4.69, 9.17) is 0 Å². The summed E-state index contributed by atoms with van der Waals surface area (Å²) in [6.45, 7) is 0. The van der Waals surface area contributed by atoms with Gasteiger partial charge >= 0.3 is 12.3 Å². The molecular formula is C12H12F6O3S. The van der Waals surface area contributed by atoms with Crippen LogP contribution in [0, 0.1) is 0 Å². The van der Waals surface area contributed by atoms with Gasteiger partial charge in [-0.15, -0.1) is 0 Å². The first-order valence-corrected chi connectivity index (χ1v) is 6.47. The molecule has 3 atom stereocenters. The molecule has 0 aromatic heterocycles. The molecule has 0 radical (unpaired) electrons. The zero-order chi connectivity index (χ0) is 17.1. The largest absolute Gasteiger partial charge is 0.439 e. The Morgan fingerprint density at radius 3 is 1.95 bits per heavy atom. The van der Waals surface area contributed by atoms with Crippen LogP contribution in [0.25, 0.3) is 0 Å². The minimum Gasteiger partial charge on any atom is -0.430 e. The molecule has 10 heteroatoms. The van der Waals surface area contributed by atoms with E-state index in [0.29, 0.717) is 0 Å². The van der Waals surface area contributed by atoms with Gasteiger partial charge in [0.2, 0.25) is 0 Å². The van der Waals surface area contributed by atoms with Gasteiger partial charge in [0.15, 0.2) is 0 Å². The van der Waals surface area contributed by atoms with E-state index in [1.807, 2.05) is 0 Å². The van der Waals surface area contributed by atoms with Crippen LogP contribution in [0.3, 0.4) is 0 Å². The van der Waals surface area contributed by atoms with Gasteiger partial charge in [0.1, 0.15) is 11.9 Å². The van der Waals surface area contributed by atoms with Crippen molar-refractivity contribution in [2.24, 2.45) is 0 Å². The van der Waals surface area contributed by atoms with Crippen molar-refractivity contribution in [1.82, 2.24) is 0 Å². The molecule has 2 unspecified atom stereocenters. The quantitative estimate of drug-likeness (QED) is 0.546. The Morgan fingerprint density at radius 2 is 1.55 bits per heavy atom. The Labute approximate surface area is 126 Å². The van der Waals surface area contributed by atoms with E-state index in [0.717, 1.165) is 24.3 Å². The van der Waals surface area contributed by atoms with Crippen LogP contribution in [-0.2, 0) is 0 Å². The highest BCUT2D eigenvalue weighted by Gasteiger charge is 2.59. The summed E-state index contributed by atoms with van der Waals surface area (Å²) in [5, 5.41) is 19.0. The van der Waals surface area contributed by atoms with Crippen LogP contribution in [0.5, 0.6) is 5.75 Å². The molecule has 0 fully saturated rings. The van der Waals surface area contributed by atoms with E-state index in [9.17, 15) is 36.6 Å². The molecule has 0 amide bonds. The van der Waals surface area contributed by atoms with E-state index in [-0.39, 0.29) is 11.3 Å². The smallest absolute Gasteiger partial charge is 0.430 e. The van der Waals surface area contributed by atoms with Crippen molar-refractivity contribution in [2.75, 3.05) is 5.75 Å². The predicted octanol–water partition coefficient (Wildman–Crippen LogP) is 2.88. The van der Waals surface area contributed by atoms with Crippen LogP contribution in [0.2, 0.25) is 0 Å². The number of ether oxygens (including phenoxy) is 1. The lowest BCUT2D eigenvalue weighted by Crippen LogP contribution is -2.45. The van der Waals surface area contributed by atoms with Crippen molar-refractivity contribution in [3.8, 4) is 5.75 Å². The van der Waals surface area contributed by atoms with E-state index in [1.54, 1.807) is 0 Å². The second-order valence-corrected chi connectivity index (χ2v) is 4.70. The number of aliphatic hydroxyl groups is 2. The normalized spacial score (nSPS) is 17.0. The van der Waals surface area contributed by atoms with Crippen LogP contribution >= 0.6 is 12.6 Å². The Kier molecular flexibility index (Phi) is 5.99. The van der Waals surface area contributed by atoms with E-state index >= 15 is 0 Å². The maximum absolute atomic E-state index is 13.0. The summed E-state index contributed by atoms with van der Waals surface area (Å²) in [6, 6.07) is 3.73. The van der Waals surface area contributed by atoms with Gasteiger partial charge < -0.3 is 14.9 Å². The highest BCUT2D eigenvalue weighted by Crippen LogP contribution is 2.36. The third-order valence-corrected chi connectivity index (χ3v) is 2.98. The van der Waals surface area contributed by atoms with Crippen LogP contribution in [0.4, 0.5) is 26.3 Å². The van der Waals surface area contributed by atoms with Crippen molar-refractivity contribution in [2.45, 2.75) is 30.7 Å². The van der Waals surface area contributed by atoms with E-state index in [2.05, 4.69) is 17.4 Å². The van der Waals surface area contributed by atoms with Gasteiger partial charge in [-0.25, -0.2) is 4.39 Å². The van der Waals surface area contributed by atoms with Gasteiger partial charge in [0, 0.05) is 5.75 Å². The molecule has 0 aliphatic heterocycles. The molecule has 0 bridgehead atoms. The molecule has 1 rings (SSSR count). The number of rotatable bonds is 6. The summed E-state index contributed by atoms with van der Waals surface area (Å²) in [7, 11) is 0. The van der Waals surface area contributed by atoms with Gasteiger partial charge in [-0.3, -0.25) is 0 Å². The minimum atomic E-state index is -5.77. The molecule has 126 valence electrons. The molecule has 3 nitrogen and oxygen atoms in total. The number of halogens is 6. The average molecular weight is 350 g/mol. The lowest BCUT2D eigenvalue weighted by atomic mass is 10.1. The first-order chi connectivity index (χ1) is 9.99. The molecule has 1 aromatic carbocycles. The van der Waals surface area contributed by atoms with Gasteiger partial charge in [0.25, 0.3) is 6.17 Å². The molecule has 2 N–H and O–H groups in total. The topological polar surface area (TPSA) is 49.7 Å². The van der Waals surface area contributed by atoms with Crippen LogP contribution < -0.4 is 4.74 Å². The molecule has 1 aromatic rings. The van der Waals surface area contributed by atoms with E-state index < -0.39 is 36.4 Å². The summed E-state index contributed by atoms with van der Waals surface area (Å²) < 4.78 is 78.2. The fraction of sp³-hybridized carbons (Fsp3) is 0.500. The summed E-state index contributed by atoms with van der Waals surface area (Å²) in [5.74, 6) is -0.805. The number of benzene rings is 1. The number of hydrogen-bond donors (Lipinski definition) is 3. The molecule has 0 saturated heterocycles. The lowest BCUT2D eigenvalue weighted by Gasteiger charge is -2.23. The number of alkyl halides is 6. The van der Waals surface area contributed by atoms with Gasteiger partial charge in [-0.05, 0) is 17.7 Å². The Balaban J connectivity index is 2.84. The highest BCUT2D eigenvalue weighted by atomic mass is 32.1. The van der Waals surface area contributed by atoms with Crippen LogP contribution in [0.1, 0.15) is 11.7 Å². The Hall–Kier alpha value is -1.13. The maximum Gasteiger partial charge on any atom is 0.439 e. The third kappa shape index (κ3) is 4.68. The number of thiol groups is 1. The number of aliphatic hydroxyl groups excluding tert-OH is 2. The lowest BCUT2D eigenvalue weighted by molar-refractivity contribution is -0.304. The first-order valence-electron chi connectivity index (χ1n) is 5.83. The van der Waals surface area contributed by atoms with Crippen molar-refractivity contribution in [3.05, 3.63) is 29.8 Å². The standard InChI is InChI=1S/C12H12F6O3S/c13-10(11(14,15)16)12(17,18)21-7-3-1-6(2-4-7)9(20)8(19)5-22/h1-4,8-10,19-20,22H,5H2/t8?,9?,10-/m1/s1. The minimum absolute atomic E-state index is 0.0768. The average Bonchev–Trinajstić information content (AvgIpc) is 2.44. The maximum atomic E-state index is 13.0. The van der Waals surface area contributed by atoms with Crippen LogP contribution in [-0.4, -0.2) is 40.5 Å². The fourth-order valence-corrected chi connectivity index (χ4v) is 1.65. The summed E-state index contributed by atoms with van der Waals surface area (Å²) in [6.07, 6.45) is -17.9. The second kappa shape index (κ2) is 6.97. The van der Waals surface area contributed by atoms with Crippen LogP contribution in [0.15, 0.2) is 24.3 Å². The fourth-order valence-electron chi connectivity index (χ4n) is 1.45. The number of hydrogen-bond acceptors (Lipinski definition) is 4. The van der Waals surface area contributed by atoms with Crippen molar-refractivity contribution in [3.63, 3.8) is 0 Å². The monoisotopic (exact) mass is 350 g/mol. The van der Waals surface area contributed by atoms with Gasteiger partial charge in [-0.2, -0.15) is 34.6 Å². The Morgan fingerprint density at radius 1 is 1.05 bits per heavy atom. The van der Waals surface area contributed by atoms with Gasteiger partial charge in [-0.1, -0.05) is 12.1 Å². The molecule has 0 saturated carbocycles. The van der Waals surface area contributed by atoms with Crippen molar-refractivity contribution >= 4 is 12.6 Å². The first kappa shape index (κ1) is 18.9. The molecular weight excluding hydrogens is 338 g/mol. The SMILES string of the molecule is OC(CS)C(O)c1ccc(OC(F)(F)[C@H](F)C(F)(F)F)cc1. The zero-order valence-electron chi connectivity index (χ0n) is 10.8. The second-order valence-electron chi connectivity index (χ2n) is 4.33. The molecule has 0 aliphatic carbocycles. The summed E-state index contributed by atoms with van der Waals surface area (Å²) in [5.41, 5.74) is 0.102. The molecule has 0 aliphatic rings. The highest BCUT2D eigenvalue weighted by molar-refractivity contribution is 7.80. The predicted molar refractivity (Wildman–Crippen MR) is 67.8 cm³/mol. The van der Waals surface area contributed by atoms with Crippen molar-refractivity contribution in [1.29, 1.82) is 0 Å². The molecule has 22 heavy (non-hydrogen) atoms.